The van der Waals surface area contributed by atoms with Crippen molar-refractivity contribution in [2.75, 3.05) is 14.1 Å². The minimum absolute atomic E-state index is 0.366. The number of rotatable bonds is 2. The number of aromatic nitrogens is 1. The summed E-state index contributed by atoms with van der Waals surface area (Å²) in [5.41, 5.74) is 4.57. The van der Waals surface area contributed by atoms with Crippen molar-refractivity contribution in [2.24, 2.45) is 35.0 Å². The van der Waals surface area contributed by atoms with Crippen molar-refractivity contribution in [2.45, 2.75) is 78.2 Å². The number of nitrogens with zero attached hydrogens (tertiary/aromatic N) is 2. The van der Waals surface area contributed by atoms with Crippen LogP contribution >= 0.6 is 0 Å². The van der Waals surface area contributed by atoms with Gasteiger partial charge in [0.1, 0.15) is 0 Å². The van der Waals surface area contributed by atoms with Crippen LogP contribution in [0.15, 0.2) is 42.6 Å². The van der Waals surface area contributed by atoms with Gasteiger partial charge in [0, 0.05) is 17.6 Å². The molecule has 2 heteroatoms. The Balaban J connectivity index is 0.00000111. The van der Waals surface area contributed by atoms with Crippen molar-refractivity contribution in [3.8, 4) is 0 Å². The SMILES string of the molecule is CC.CN(C)C1CCC2C(CCC3C2CCC2(C)C(c4ccc5ncccc5c4)=CCC32)C1. The second-order valence-corrected chi connectivity index (χ2v) is 11.6. The van der Waals surface area contributed by atoms with Crippen LogP contribution in [0.3, 0.4) is 0 Å². The van der Waals surface area contributed by atoms with Gasteiger partial charge in [-0.2, -0.15) is 0 Å². The maximum atomic E-state index is 4.53. The second-order valence-electron chi connectivity index (χ2n) is 11.6. The van der Waals surface area contributed by atoms with Gasteiger partial charge < -0.3 is 4.90 Å². The molecule has 2 aromatic rings. The molecule has 1 heterocycles. The summed E-state index contributed by atoms with van der Waals surface area (Å²) in [6.07, 6.45) is 16.0. The quantitative estimate of drug-likeness (QED) is 0.469. The third kappa shape index (κ3) is 3.87. The van der Waals surface area contributed by atoms with Gasteiger partial charge in [-0.05, 0) is 130 Å². The van der Waals surface area contributed by atoms with Crippen molar-refractivity contribution in [1.82, 2.24) is 9.88 Å². The van der Waals surface area contributed by atoms with Crippen LogP contribution in [0.5, 0.6) is 0 Å². The van der Waals surface area contributed by atoms with Gasteiger partial charge in [-0.15, -0.1) is 0 Å². The number of fused-ring (bicyclic) bond motifs is 6. The first-order chi connectivity index (χ1) is 16.0. The highest BCUT2D eigenvalue weighted by atomic mass is 15.1. The lowest BCUT2D eigenvalue weighted by molar-refractivity contribution is -0.0482. The Hall–Kier alpha value is -1.67. The molecule has 0 aliphatic heterocycles. The van der Waals surface area contributed by atoms with E-state index in [1.807, 2.05) is 20.0 Å². The zero-order valence-corrected chi connectivity index (χ0v) is 21.6. The van der Waals surface area contributed by atoms with E-state index >= 15 is 0 Å². The highest BCUT2D eigenvalue weighted by molar-refractivity contribution is 5.85. The molecular formula is C31H44N2. The van der Waals surface area contributed by atoms with Crippen molar-refractivity contribution in [1.29, 1.82) is 0 Å². The lowest BCUT2D eigenvalue weighted by Crippen LogP contribution is -2.49. The number of benzene rings is 1. The summed E-state index contributed by atoms with van der Waals surface area (Å²) in [6, 6.07) is 12.1. The third-order valence-corrected chi connectivity index (χ3v) is 10.2. The molecule has 4 aliphatic carbocycles. The Morgan fingerprint density at radius 1 is 0.939 bits per heavy atom. The van der Waals surface area contributed by atoms with Crippen LogP contribution in [0.1, 0.15) is 77.7 Å². The Morgan fingerprint density at radius 3 is 2.58 bits per heavy atom. The molecule has 7 atom stereocenters. The Labute approximate surface area is 201 Å². The first-order valence-electron chi connectivity index (χ1n) is 13.8. The van der Waals surface area contributed by atoms with Crippen LogP contribution in [-0.2, 0) is 0 Å². The van der Waals surface area contributed by atoms with E-state index in [-0.39, 0.29) is 0 Å². The number of hydrogen-bond donors (Lipinski definition) is 0. The molecule has 178 valence electrons. The van der Waals surface area contributed by atoms with Gasteiger partial charge in [0.15, 0.2) is 0 Å². The van der Waals surface area contributed by atoms with Crippen molar-refractivity contribution < 1.29 is 0 Å². The minimum Gasteiger partial charge on any atom is -0.306 e. The minimum atomic E-state index is 0.366. The zero-order chi connectivity index (χ0) is 23.2. The summed E-state index contributed by atoms with van der Waals surface area (Å²) in [5.74, 6) is 4.81. The summed E-state index contributed by atoms with van der Waals surface area (Å²) in [7, 11) is 4.58. The van der Waals surface area contributed by atoms with Gasteiger partial charge in [-0.3, -0.25) is 4.98 Å². The summed E-state index contributed by atoms with van der Waals surface area (Å²) in [6.45, 7) is 6.61. The fraction of sp³-hybridized carbons (Fsp3) is 0.645. The molecule has 1 aromatic heterocycles. The maximum Gasteiger partial charge on any atom is 0.0702 e. The average molecular weight is 445 g/mol. The van der Waals surface area contributed by atoms with Crippen LogP contribution in [0.25, 0.3) is 16.5 Å². The van der Waals surface area contributed by atoms with Gasteiger partial charge in [0.2, 0.25) is 0 Å². The molecule has 3 fully saturated rings. The number of allylic oxidation sites excluding steroid dienone is 2. The summed E-state index contributed by atoms with van der Waals surface area (Å²) < 4.78 is 0. The van der Waals surface area contributed by atoms with Gasteiger partial charge in [0.05, 0.1) is 5.52 Å². The summed E-state index contributed by atoms with van der Waals surface area (Å²) in [5, 5.41) is 1.28. The first kappa shape index (κ1) is 23.1. The molecule has 0 radical (unpaired) electrons. The summed E-state index contributed by atoms with van der Waals surface area (Å²) in [4.78, 5) is 7.03. The van der Waals surface area contributed by atoms with Crippen LogP contribution in [0, 0.1) is 35.0 Å². The second kappa shape index (κ2) is 9.17. The highest BCUT2D eigenvalue weighted by Gasteiger charge is 2.54. The fourth-order valence-electron chi connectivity index (χ4n) is 8.56. The predicted molar refractivity (Wildman–Crippen MR) is 141 cm³/mol. The highest BCUT2D eigenvalue weighted by Crippen LogP contribution is 2.64. The standard InChI is InChI=1S/C29H38N2.C2H6/c1-29-15-14-24-23-10-8-22(31(2)3)18-19(23)6-9-25(24)27(29)12-11-26(29)20-7-13-28-21(17-20)5-4-16-30-28;1-2/h4-5,7,11,13,16-17,19,22-25,27H,6,8-10,12,14-15,18H2,1-3H3;1-2H3. The van der Waals surface area contributed by atoms with Gasteiger partial charge >= 0.3 is 0 Å². The molecule has 4 aliphatic rings. The van der Waals surface area contributed by atoms with Crippen molar-refractivity contribution >= 4 is 16.5 Å². The molecule has 33 heavy (non-hydrogen) atoms. The molecule has 6 rings (SSSR count). The van der Waals surface area contributed by atoms with E-state index in [0.29, 0.717) is 5.41 Å². The number of pyridine rings is 1. The fourth-order valence-corrected chi connectivity index (χ4v) is 8.56. The average Bonchev–Trinajstić information content (AvgIpc) is 3.21. The van der Waals surface area contributed by atoms with E-state index in [1.54, 1.807) is 5.57 Å². The summed E-state index contributed by atoms with van der Waals surface area (Å²) >= 11 is 0. The zero-order valence-electron chi connectivity index (χ0n) is 21.6. The molecule has 0 spiro atoms. The lowest BCUT2D eigenvalue weighted by Gasteiger charge is -2.56. The largest absolute Gasteiger partial charge is 0.306 e. The van der Waals surface area contributed by atoms with Crippen LogP contribution < -0.4 is 0 Å². The normalized spacial score (nSPS) is 37.5. The predicted octanol–water partition coefficient (Wildman–Crippen LogP) is 7.84. The monoisotopic (exact) mass is 444 g/mol. The van der Waals surface area contributed by atoms with E-state index in [1.165, 1.54) is 62.3 Å². The smallest absolute Gasteiger partial charge is 0.0702 e. The Kier molecular flexibility index (Phi) is 6.42. The van der Waals surface area contributed by atoms with Crippen LogP contribution in [-0.4, -0.2) is 30.0 Å². The van der Waals surface area contributed by atoms with Gasteiger partial charge in [-0.25, -0.2) is 0 Å². The van der Waals surface area contributed by atoms with Crippen LogP contribution in [0.4, 0.5) is 0 Å². The molecule has 1 aromatic carbocycles. The van der Waals surface area contributed by atoms with E-state index in [0.717, 1.165) is 41.1 Å². The Bertz CT molecular complexity index is 1010. The molecule has 0 bridgehead atoms. The van der Waals surface area contributed by atoms with E-state index in [2.05, 4.69) is 67.3 Å². The molecule has 7 unspecified atom stereocenters. The molecular weight excluding hydrogens is 400 g/mol. The van der Waals surface area contributed by atoms with E-state index < -0.39 is 0 Å². The third-order valence-electron chi connectivity index (χ3n) is 10.2. The van der Waals surface area contributed by atoms with E-state index in [9.17, 15) is 0 Å². The van der Waals surface area contributed by atoms with Gasteiger partial charge in [-0.1, -0.05) is 39.0 Å². The molecule has 0 saturated heterocycles. The van der Waals surface area contributed by atoms with Crippen molar-refractivity contribution in [3.05, 3.63) is 48.2 Å². The maximum absolute atomic E-state index is 4.53. The Morgan fingerprint density at radius 2 is 1.76 bits per heavy atom. The van der Waals surface area contributed by atoms with Crippen molar-refractivity contribution in [3.63, 3.8) is 0 Å². The topological polar surface area (TPSA) is 16.1 Å². The van der Waals surface area contributed by atoms with Gasteiger partial charge in [0.25, 0.3) is 0 Å². The van der Waals surface area contributed by atoms with Crippen LogP contribution in [0.2, 0.25) is 0 Å². The first-order valence-corrected chi connectivity index (χ1v) is 13.8. The molecule has 0 N–H and O–H groups in total. The lowest BCUT2D eigenvalue weighted by atomic mass is 9.49. The molecule has 3 saturated carbocycles. The van der Waals surface area contributed by atoms with E-state index in [4.69, 9.17) is 0 Å². The molecule has 0 amide bonds. The molecule has 2 nitrogen and oxygen atoms in total. The number of hydrogen-bond acceptors (Lipinski definition) is 2.